The van der Waals surface area contributed by atoms with Crippen LogP contribution in [0.3, 0.4) is 0 Å². The van der Waals surface area contributed by atoms with Gasteiger partial charge in [-0.3, -0.25) is 4.79 Å². The third-order valence-electron chi connectivity index (χ3n) is 4.04. The molecule has 2 aliphatic rings. The van der Waals surface area contributed by atoms with E-state index in [1.54, 1.807) is 0 Å². The van der Waals surface area contributed by atoms with E-state index in [0.29, 0.717) is 38.8 Å². The van der Waals surface area contributed by atoms with Gasteiger partial charge in [-0.1, -0.05) is 33.8 Å². The Morgan fingerprint density at radius 1 is 1.14 bits per heavy atom. The summed E-state index contributed by atoms with van der Waals surface area (Å²) in [4.78, 5) is 14.5. The Bertz CT molecular complexity index is 519. The van der Waals surface area contributed by atoms with E-state index in [4.69, 9.17) is 9.47 Å². The lowest BCUT2D eigenvalue weighted by Crippen LogP contribution is -2.41. The molecule has 1 saturated heterocycles. The summed E-state index contributed by atoms with van der Waals surface area (Å²) >= 11 is 0. The summed E-state index contributed by atoms with van der Waals surface area (Å²) < 4.78 is 11.1. The molecule has 122 valence electrons. The smallest absolute Gasteiger partial charge is 0.254 e. The maximum absolute atomic E-state index is 12.7. The zero-order chi connectivity index (χ0) is 16.1. The molecule has 0 radical (unpaired) electrons. The van der Waals surface area contributed by atoms with Crippen molar-refractivity contribution in [2.45, 2.75) is 40.0 Å². The molecule has 1 aromatic rings. The first-order valence-electron chi connectivity index (χ1n) is 8.34. The lowest BCUT2D eigenvalue weighted by Gasteiger charge is -2.27. The first-order chi connectivity index (χ1) is 10.7. The molecule has 0 atom stereocenters. The van der Waals surface area contributed by atoms with Crippen molar-refractivity contribution in [1.82, 2.24) is 4.90 Å². The fourth-order valence-electron chi connectivity index (χ4n) is 2.91. The number of nitrogens with zero attached hydrogens (tertiary/aromatic N) is 1. The molecular formula is C18H27NO3. The lowest BCUT2D eigenvalue weighted by atomic mass is 9.94. The molecule has 0 aromatic heterocycles. The van der Waals surface area contributed by atoms with Gasteiger partial charge in [0.05, 0.1) is 19.8 Å². The second-order valence-electron chi connectivity index (χ2n) is 5.67. The standard InChI is InChI=1S/C16H21NO3.C2H6/c1-11(2)12-3-4-14(13-5-8-20-15(12)13)16(18)17-6-9-19-10-7-17;1-2/h3-4,11H,5-10H2,1-2H3;1-2H3. The number of ether oxygens (including phenoxy) is 2. The third-order valence-corrected chi connectivity index (χ3v) is 4.04. The number of hydrogen-bond acceptors (Lipinski definition) is 3. The number of amides is 1. The predicted molar refractivity (Wildman–Crippen MR) is 87.8 cm³/mol. The van der Waals surface area contributed by atoms with E-state index >= 15 is 0 Å². The highest BCUT2D eigenvalue weighted by Gasteiger charge is 2.27. The molecule has 1 amide bonds. The van der Waals surface area contributed by atoms with Crippen molar-refractivity contribution >= 4 is 5.91 Å². The summed E-state index contributed by atoms with van der Waals surface area (Å²) in [5.74, 6) is 1.47. The molecule has 0 spiro atoms. The van der Waals surface area contributed by atoms with Crippen molar-refractivity contribution in [1.29, 1.82) is 0 Å². The average molecular weight is 305 g/mol. The van der Waals surface area contributed by atoms with Crippen molar-refractivity contribution in [3.63, 3.8) is 0 Å². The molecule has 0 N–H and O–H groups in total. The predicted octanol–water partition coefficient (Wildman–Crippen LogP) is 3.24. The van der Waals surface area contributed by atoms with Crippen LogP contribution < -0.4 is 4.74 Å². The van der Waals surface area contributed by atoms with E-state index in [1.807, 2.05) is 30.9 Å². The molecule has 0 unspecified atom stereocenters. The number of morpholine rings is 1. The molecule has 1 fully saturated rings. The molecular weight excluding hydrogens is 278 g/mol. The molecule has 1 aromatic carbocycles. The van der Waals surface area contributed by atoms with Crippen LogP contribution in [0, 0.1) is 0 Å². The Kier molecular flexibility index (Phi) is 5.83. The topological polar surface area (TPSA) is 38.8 Å². The second kappa shape index (κ2) is 7.63. The zero-order valence-corrected chi connectivity index (χ0v) is 14.1. The first kappa shape index (κ1) is 16.8. The van der Waals surface area contributed by atoms with Gasteiger partial charge in [0.1, 0.15) is 5.75 Å². The molecule has 4 nitrogen and oxygen atoms in total. The fraction of sp³-hybridized carbons (Fsp3) is 0.611. The van der Waals surface area contributed by atoms with Crippen molar-refractivity contribution in [2.75, 3.05) is 32.9 Å². The van der Waals surface area contributed by atoms with Gasteiger partial charge in [0.2, 0.25) is 0 Å². The van der Waals surface area contributed by atoms with Gasteiger partial charge in [0, 0.05) is 30.6 Å². The van der Waals surface area contributed by atoms with Crippen molar-refractivity contribution in [2.24, 2.45) is 0 Å². The first-order valence-corrected chi connectivity index (χ1v) is 8.34. The zero-order valence-electron chi connectivity index (χ0n) is 14.1. The highest BCUT2D eigenvalue weighted by Crippen LogP contribution is 2.36. The highest BCUT2D eigenvalue weighted by molar-refractivity contribution is 5.96. The van der Waals surface area contributed by atoms with Gasteiger partial charge in [-0.15, -0.1) is 0 Å². The number of carbonyl (C=O) groups is 1. The van der Waals surface area contributed by atoms with E-state index in [-0.39, 0.29) is 5.91 Å². The minimum Gasteiger partial charge on any atom is -0.493 e. The van der Waals surface area contributed by atoms with Crippen LogP contribution in [-0.4, -0.2) is 43.7 Å². The third kappa shape index (κ3) is 3.27. The number of carbonyl (C=O) groups excluding carboxylic acids is 1. The number of benzene rings is 1. The van der Waals surface area contributed by atoms with Crippen LogP contribution in [0.15, 0.2) is 12.1 Å². The van der Waals surface area contributed by atoms with E-state index in [2.05, 4.69) is 13.8 Å². The van der Waals surface area contributed by atoms with E-state index in [0.717, 1.165) is 23.3 Å². The van der Waals surface area contributed by atoms with Crippen LogP contribution in [0.1, 0.15) is 55.1 Å². The van der Waals surface area contributed by atoms with Gasteiger partial charge < -0.3 is 14.4 Å². The van der Waals surface area contributed by atoms with Crippen molar-refractivity contribution in [3.8, 4) is 5.75 Å². The summed E-state index contributed by atoms with van der Waals surface area (Å²) in [5.41, 5.74) is 3.10. The van der Waals surface area contributed by atoms with Gasteiger partial charge in [0.25, 0.3) is 5.91 Å². The number of fused-ring (bicyclic) bond motifs is 1. The molecule has 0 bridgehead atoms. The van der Waals surface area contributed by atoms with E-state index in [1.165, 1.54) is 5.56 Å². The Morgan fingerprint density at radius 3 is 2.45 bits per heavy atom. The van der Waals surface area contributed by atoms with Gasteiger partial charge in [0.15, 0.2) is 0 Å². The Hall–Kier alpha value is -1.55. The normalized spacial score (nSPS) is 16.7. The SMILES string of the molecule is CC.CC(C)c1ccc(C(=O)N2CCOCC2)c2c1OCC2. The Morgan fingerprint density at radius 2 is 1.82 bits per heavy atom. The summed E-state index contributed by atoms with van der Waals surface area (Å²) in [6.07, 6.45) is 0.835. The van der Waals surface area contributed by atoms with Crippen LogP contribution in [-0.2, 0) is 11.2 Å². The van der Waals surface area contributed by atoms with Crippen LogP contribution in [0.4, 0.5) is 0 Å². The Labute approximate surface area is 133 Å². The summed E-state index contributed by atoms with van der Waals surface area (Å²) in [7, 11) is 0. The van der Waals surface area contributed by atoms with Crippen molar-refractivity contribution in [3.05, 3.63) is 28.8 Å². The fourth-order valence-corrected chi connectivity index (χ4v) is 2.91. The van der Waals surface area contributed by atoms with Crippen LogP contribution in [0.25, 0.3) is 0 Å². The van der Waals surface area contributed by atoms with Crippen LogP contribution >= 0.6 is 0 Å². The average Bonchev–Trinajstić information content (AvgIpc) is 3.05. The Balaban J connectivity index is 0.000000847. The quantitative estimate of drug-likeness (QED) is 0.842. The molecule has 0 aliphatic carbocycles. The minimum atomic E-state index is 0.116. The van der Waals surface area contributed by atoms with E-state index < -0.39 is 0 Å². The largest absolute Gasteiger partial charge is 0.493 e. The minimum absolute atomic E-state index is 0.116. The van der Waals surface area contributed by atoms with Crippen LogP contribution in [0.5, 0.6) is 5.75 Å². The summed E-state index contributed by atoms with van der Waals surface area (Å²) in [5, 5.41) is 0. The van der Waals surface area contributed by atoms with Gasteiger partial charge in [-0.25, -0.2) is 0 Å². The highest BCUT2D eigenvalue weighted by atomic mass is 16.5. The molecule has 0 saturated carbocycles. The van der Waals surface area contributed by atoms with Crippen LogP contribution in [0.2, 0.25) is 0 Å². The van der Waals surface area contributed by atoms with Crippen molar-refractivity contribution < 1.29 is 14.3 Å². The molecule has 2 aliphatic heterocycles. The maximum Gasteiger partial charge on any atom is 0.254 e. The van der Waals surface area contributed by atoms with Gasteiger partial charge in [-0.2, -0.15) is 0 Å². The lowest BCUT2D eigenvalue weighted by molar-refractivity contribution is 0.0302. The van der Waals surface area contributed by atoms with Gasteiger partial charge >= 0.3 is 0 Å². The molecule has 3 rings (SSSR count). The number of rotatable bonds is 2. The molecule has 2 heterocycles. The molecule has 4 heteroatoms. The summed E-state index contributed by atoms with van der Waals surface area (Å²) in [6.45, 7) is 11.6. The monoisotopic (exact) mass is 305 g/mol. The maximum atomic E-state index is 12.7. The summed E-state index contributed by atoms with van der Waals surface area (Å²) in [6, 6.07) is 4.02. The van der Waals surface area contributed by atoms with E-state index in [9.17, 15) is 4.79 Å². The molecule has 22 heavy (non-hydrogen) atoms. The second-order valence-corrected chi connectivity index (χ2v) is 5.67. The van der Waals surface area contributed by atoms with Gasteiger partial charge in [-0.05, 0) is 17.5 Å². The number of hydrogen-bond donors (Lipinski definition) is 0.